The number of nitrogens with one attached hydrogen (secondary N) is 1. The van der Waals surface area contributed by atoms with E-state index in [2.05, 4.69) is 5.32 Å². The van der Waals surface area contributed by atoms with E-state index in [-0.39, 0.29) is 23.4 Å². The Bertz CT molecular complexity index is 1370. The van der Waals surface area contributed by atoms with Gasteiger partial charge in [0.05, 0.1) is 10.6 Å². The van der Waals surface area contributed by atoms with Crippen LogP contribution in [0.3, 0.4) is 0 Å². The fourth-order valence-electron chi connectivity index (χ4n) is 3.92. The summed E-state index contributed by atoms with van der Waals surface area (Å²) in [7, 11) is -4.09. The average Bonchev–Trinajstić information content (AvgIpc) is 2.86. The van der Waals surface area contributed by atoms with Crippen molar-refractivity contribution < 1.29 is 18.0 Å². The molecule has 0 aromatic heterocycles. The van der Waals surface area contributed by atoms with Gasteiger partial charge in [0.25, 0.3) is 10.0 Å². The number of hydrogen-bond acceptors (Lipinski definition) is 4. The number of carbonyl (C=O) groups is 2. The maximum atomic E-state index is 13.9. The average molecular weight is 556 g/mol. The van der Waals surface area contributed by atoms with E-state index in [0.717, 1.165) is 21.0 Å². The standard InChI is InChI=1S/C29H34ClN3O4S/c1-20(2)31-29(35)23(5)32(18-24-11-13-25(30)14-12-24)28(34)19-33(26-8-6-7-22(4)17-26)38(36,37)27-15-9-21(3)10-16-27/h6-17,20,23H,18-19H2,1-5H3,(H,31,35)/t23-/m1/s1. The van der Waals surface area contributed by atoms with Crippen molar-refractivity contribution in [2.45, 2.75) is 58.1 Å². The van der Waals surface area contributed by atoms with Crippen molar-refractivity contribution in [3.8, 4) is 0 Å². The minimum absolute atomic E-state index is 0.0762. The fraction of sp³-hybridized carbons (Fsp3) is 0.310. The molecule has 0 bridgehead atoms. The van der Waals surface area contributed by atoms with Crippen LogP contribution in [-0.4, -0.2) is 43.8 Å². The van der Waals surface area contributed by atoms with Gasteiger partial charge in [0, 0.05) is 17.6 Å². The molecule has 9 heteroatoms. The highest BCUT2D eigenvalue weighted by atomic mass is 35.5. The summed E-state index contributed by atoms with van der Waals surface area (Å²) < 4.78 is 28.7. The number of sulfonamides is 1. The molecule has 2 amide bonds. The Morgan fingerprint density at radius 2 is 1.53 bits per heavy atom. The molecule has 0 spiro atoms. The van der Waals surface area contributed by atoms with Crippen molar-refractivity contribution in [2.75, 3.05) is 10.8 Å². The van der Waals surface area contributed by atoms with E-state index in [4.69, 9.17) is 11.6 Å². The molecule has 3 rings (SSSR count). The van der Waals surface area contributed by atoms with Crippen molar-refractivity contribution in [3.05, 3.63) is 94.5 Å². The zero-order valence-electron chi connectivity index (χ0n) is 22.3. The Hall–Kier alpha value is -3.36. The van der Waals surface area contributed by atoms with Gasteiger partial charge < -0.3 is 10.2 Å². The summed E-state index contributed by atoms with van der Waals surface area (Å²) in [6.45, 7) is 8.66. The van der Waals surface area contributed by atoms with Gasteiger partial charge in [0.15, 0.2) is 0 Å². The van der Waals surface area contributed by atoms with Crippen LogP contribution in [-0.2, 0) is 26.2 Å². The third-order valence-corrected chi connectivity index (χ3v) is 8.08. The van der Waals surface area contributed by atoms with Gasteiger partial charge in [-0.05, 0) is 82.1 Å². The number of aryl methyl sites for hydroxylation is 2. The van der Waals surface area contributed by atoms with Crippen molar-refractivity contribution in [1.82, 2.24) is 10.2 Å². The number of nitrogens with zero attached hydrogens (tertiary/aromatic N) is 2. The van der Waals surface area contributed by atoms with E-state index in [1.165, 1.54) is 17.0 Å². The van der Waals surface area contributed by atoms with Crippen LogP contribution in [0.4, 0.5) is 5.69 Å². The molecule has 3 aromatic rings. The first-order valence-corrected chi connectivity index (χ1v) is 14.2. The highest BCUT2D eigenvalue weighted by molar-refractivity contribution is 7.92. The lowest BCUT2D eigenvalue weighted by atomic mass is 10.1. The lowest BCUT2D eigenvalue weighted by Gasteiger charge is -2.32. The van der Waals surface area contributed by atoms with Gasteiger partial charge in [-0.3, -0.25) is 13.9 Å². The van der Waals surface area contributed by atoms with Crippen LogP contribution < -0.4 is 9.62 Å². The zero-order chi connectivity index (χ0) is 28.0. The molecule has 0 fully saturated rings. The molecule has 0 aliphatic rings. The summed E-state index contributed by atoms with van der Waals surface area (Å²) in [5, 5.41) is 3.39. The van der Waals surface area contributed by atoms with E-state index in [1.54, 1.807) is 61.5 Å². The lowest BCUT2D eigenvalue weighted by molar-refractivity contribution is -0.139. The minimum Gasteiger partial charge on any atom is -0.352 e. The minimum atomic E-state index is -4.09. The number of halogens is 1. The van der Waals surface area contributed by atoms with Crippen LogP contribution in [0.2, 0.25) is 5.02 Å². The van der Waals surface area contributed by atoms with Crippen molar-refractivity contribution in [2.24, 2.45) is 0 Å². The molecule has 7 nitrogen and oxygen atoms in total. The van der Waals surface area contributed by atoms with Crippen molar-refractivity contribution in [3.63, 3.8) is 0 Å². The van der Waals surface area contributed by atoms with E-state index in [9.17, 15) is 18.0 Å². The molecule has 0 heterocycles. The highest BCUT2D eigenvalue weighted by Crippen LogP contribution is 2.26. The number of benzene rings is 3. The van der Waals surface area contributed by atoms with Crippen LogP contribution in [0.5, 0.6) is 0 Å². The quantitative estimate of drug-likeness (QED) is 0.377. The SMILES string of the molecule is Cc1ccc(S(=O)(=O)N(CC(=O)N(Cc2ccc(Cl)cc2)[C@H](C)C(=O)NC(C)C)c2cccc(C)c2)cc1. The molecule has 0 aliphatic carbocycles. The number of hydrogen-bond donors (Lipinski definition) is 1. The Morgan fingerprint density at radius 3 is 2.11 bits per heavy atom. The van der Waals surface area contributed by atoms with E-state index in [0.29, 0.717) is 10.7 Å². The van der Waals surface area contributed by atoms with Gasteiger partial charge in [-0.25, -0.2) is 8.42 Å². The number of anilines is 1. The fourth-order valence-corrected chi connectivity index (χ4v) is 5.46. The maximum absolute atomic E-state index is 13.9. The summed E-state index contributed by atoms with van der Waals surface area (Å²) in [4.78, 5) is 28.3. The summed E-state index contributed by atoms with van der Waals surface area (Å²) >= 11 is 6.03. The smallest absolute Gasteiger partial charge is 0.264 e. The Balaban J connectivity index is 2.03. The van der Waals surface area contributed by atoms with Crippen LogP contribution in [0.25, 0.3) is 0 Å². The van der Waals surface area contributed by atoms with Gasteiger partial charge in [-0.2, -0.15) is 0 Å². The molecule has 0 radical (unpaired) electrons. The Labute approximate surface area is 230 Å². The Morgan fingerprint density at radius 1 is 0.895 bits per heavy atom. The van der Waals surface area contributed by atoms with Gasteiger partial charge in [-0.15, -0.1) is 0 Å². The van der Waals surface area contributed by atoms with E-state index >= 15 is 0 Å². The molecule has 202 valence electrons. The molecule has 1 N–H and O–H groups in total. The van der Waals surface area contributed by atoms with Crippen molar-refractivity contribution in [1.29, 1.82) is 0 Å². The first-order chi connectivity index (χ1) is 17.9. The predicted molar refractivity (Wildman–Crippen MR) is 152 cm³/mol. The van der Waals surface area contributed by atoms with Crippen molar-refractivity contribution >= 4 is 39.1 Å². The first-order valence-electron chi connectivity index (χ1n) is 12.4. The molecule has 0 saturated heterocycles. The zero-order valence-corrected chi connectivity index (χ0v) is 23.9. The number of amides is 2. The molecule has 0 saturated carbocycles. The normalized spacial score (nSPS) is 12.2. The third-order valence-electron chi connectivity index (χ3n) is 6.04. The second-order valence-corrected chi connectivity index (χ2v) is 11.9. The van der Waals surface area contributed by atoms with E-state index < -0.39 is 28.5 Å². The van der Waals surface area contributed by atoms with Gasteiger partial charge in [0.2, 0.25) is 11.8 Å². The third kappa shape index (κ3) is 7.36. The molecular formula is C29H34ClN3O4S. The monoisotopic (exact) mass is 555 g/mol. The lowest BCUT2D eigenvalue weighted by Crippen LogP contribution is -2.52. The summed E-state index contributed by atoms with van der Waals surface area (Å²) in [6, 6.07) is 19.5. The Kier molecular flexibility index (Phi) is 9.57. The van der Waals surface area contributed by atoms with Crippen LogP contribution in [0, 0.1) is 13.8 Å². The topological polar surface area (TPSA) is 86.8 Å². The molecule has 0 unspecified atom stereocenters. The van der Waals surface area contributed by atoms with Gasteiger partial charge in [-0.1, -0.05) is 53.6 Å². The predicted octanol–water partition coefficient (Wildman–Crippen LogP) is 5.09. The molecule has 0 aliphatic heterocycles. The molecule has 1 atom stereocenters. The largest absolute Gasteiger partial charge is 0.352 e. The first kappa shape index (κ1) is 29.2. The summed E-state index contributed by atoms with van der Waals surface area (Å²) in [5.41, 5.74) is 2.89. The van der Waals surface area contributed by atoms with Gasteiger partial charge in [0.1, 0.15) is 12.6 Å². The van der Waals surface area contributed by atoms with E-state index in [1.807, 2.05) is 33.8 Å². The second-order valence-electron chi connectivity index (χ2n) is 9.65. The summed E-state index contributed by atoms with van der Waals surface area (Å²) in [5.74, 6) is -0.839. The maximum Gasteiger partial charge on any atom is 0.264 e. The second kappa shape index (κ2) is 12.5. The van der Waals surface area contributed by atoms with Crippen LogP contribution >= 0.6 is 11.6 Å². The van der Waals surface area contributed by atoms with Gasteiger partial charge >= 0.3 is 0 Å². The van der Waals surface area contributed by atoms with Crippen LogP contribution in [0.1, 0.15) is 37.5 Å². The molecular weight excluding hydrogens is 522 g/mol. The molecule has 3 aromatic carbocycles. The highest BCUT2D eigenvalue weighted by Gasteiger charge is 2.32. The van der Waals surface area contributed by atoms with Crippen LogP contribution in [0.15, 0.2) is 77.7 Å². The number of rotatable bonds is 10. The molecule has 38 heavy (non-hydrogen) atoms. The number of carbonyl (C=O) groups excluding carboxylic acids is 2. The summed E-state index contributed by atoms with van der Waals surface area (Å²) in [6.07, 6.45) is 0.